The van der Waals surface area contributed by atoms with Crippen molar-refractivity contribution >= 4 is 0 Å². The van der Waals surface area contributed by atoms with Crippen LogP contribution in [-0.4, -0.2) is 21.3 Å². The van der Waals surface area contributed by atoms with Crippen LogP contribution in [0.5, 0.6) is 0 Å². The van der Waals surface area contributed by atoms with Crippen molar-refractivity contribution in [3.8, 4) is 16.9 Å². The van der Waals surface area contributed by atoms with Crippen molar-refractivity contribution in [2.75, 3.05) is 6.54 Å². The number of hydrogen-bond donors (Lipinski definition) is 1. The maximum atomic E-state index is 5.58. The van der Waals surface area contributed by atoms with Crippen LogP contribution in [0.15, 0.2) is 55.0 Å². The summed E-state index contributed by atoms with van der Waals surface area (Å²) in [5, 5.41) is 4.43. The van der Waals surface area contributed by atoms with Crippen LogP contribution in [0.3, 0.4) is 0 Å². The molecule has 0 saturated carbocycles. The number of nitrogens with zero attached hydrogens (tertiary/aromatic N) is 3. The van der Waals surface area contributed by atoms with Gasteiger partial charge in [0, 0.05) is 18.0 Å². The van der Waals surface area contributed by atoms with Gasteiger partial charge in [0.05, 0.1) is 6.20 Å². The first-order valence-electron chi connectivity index (χ1n) is 7.04. The second-order valence-electron chi connectivity index (χ2n) is 5.06. The minimum Gasteiger partial charge on any atom is -0.330 e. The van der Waals surface area contributed by atoms with Gasteiger partial charge in [0.15, 0.2) is 5.82 Å². The van der Waals surface area contributed by atoms with E-state index in [2.05, 4.69) is 28.3 Å². The monoisotopic (exact) mass is 278 g/mol. The normalized spacial score (nSPS) is 10.8. The molecule has 0 amide bonds. The highest BCUT2D eigenvalue weighted by Crippen LogP contribution is 2.20. The average Bonchev–Trinajstić information content (AvgIpc) is 2.98. The summed E-state index contributed by atoms with van der Waals surface area (Å²) in [6.45, 7) is 2.69. The van der Waals surface area contributed by atoms with Gasteiger partial charge in [-0.2, -0.15) is 5.10 Å². The molecule has 106 valence electrons. The lowest BCUT2D eigenvalue weighted by atomic mass is 10.1. The minimum absolute atomic E-state index is 0.639. The van der Waals surface area contributed by atoms with E-state index in [1.165, 1.54) is 0 Å². The zero-order valence-corrected chi connectivity index (χ0v) is 12.0. The van der Waals surface area contributed by atoms with Crippen molar-refractivity contribution in [2.24, 2.45) is 5.73 Å². The number of aromatic nitrogens is 3. The van der Waals surface area contributed by atoms with E-state index in [0.717, 1.165) is 34.5 Å². The van der Waals surface area contributed by atoms with Crippen molar-refractivity contribution < 1.29 is 0 Å². The molecule has 21 heavy (non-hydrogen) atoms. The molecular weight excluding hydrogens is 260 g/mol. The van der Waals surface area contributed by atoms with Gasteiger partial charge in [0.1, 0.15) is 0 Å². The Bertz CT molecular complexity index is 732. The molecular formula is C17H18N4. The van der Waals surface area contributed by atoms with Crippen LogP contribution < -0.4 is 5.73 Å². The zero-order valence-electron chi connectivity index (χ0n) is 12.0. The molecule has 0 unspecified atom stereocenters. The molecule has 0 saturated heterocycles. The Labute approximate surface area is 124 Å². The molecule has 0 aliphatic heterocycles. The summed E-state index contributed by atoms with van der Waals surface area (Å²) in [6.07, 6.45) is 6.60. The van der Waals surface area contributed by atoms with Crippen molar-refractivity contribution in [3.05, 3.63) is 66.1 Å². The Morgan fingerprint density at radius 1 is 1.10 bits per heavy atom. The van der Waals surface area contributed by atoms with E-state index >= 15 is 0 Å². The summed E-state index contributed by atoms with van der Waals surface area (Å²) in [5.74, 6) is 0.859. The van der Waals surface area contributed by atoms with E-state index in [1.54, 1.807) is 0 Å². The second kappa shape index (κ2) is 5.89. The van der Waals surface area contributed by atoms with Gasteiger partial charge in [-0.15, -0.1) is 0 Å². The summed E-state index contributed by atoms with van der Waals surface area (Å²) in [5.41, 5.74) is 10.1. The Morgan fingerprint density at radius 3 is 2.62 bits per heavy atom. The van der Waals surface area contributed by atoms with Crippen LogP contribution >= 0.6 is 0 Å². The largest absolute Gasteiger partial charge is 0.330 e. The summed E-state index contributed by atoms with van der Waals surface area (Å²) in [6, 6.07) is 12.3. The highest BCUT2D eigenvalue weighted by Gasteiger charge is 2.07. The molecule has 3 aromatic rings. The lowest BCUT2D eigenvalue weighted by Crippen LogP contribution is -2.06. The summed E-state index contributed by atoms with van der Waals surface area (Å²) >= 11 is 0. The molecule has 0 bridgehead atoms. The van der Waals surface area contributed by atoms with Crippen LogP contribution in [0.25, 0.3) is 16.9 Å². The van der Waals surface area contributed by atoms with Crippen LogP contribution in [-0.2, 0) is 6.42 Å². The van der Waals surface area contributed by atoms with E-state index in [0.29, 0.717) is 6.54 Å². The predicted octanol–water partition coefficient (Wildman–Crippen LogP) is 2.74. The van der Waals surface area contributed by atoms with Gasteiger partial charge in [0.2, 0.25) is 0 Å². The van der Waals surface area contributed by atoms with Crippen LogP contribution in [0.2, 0.25) is 0 Å². The number of hydrogen-bond acceptors (Lipinski definition) is 3. The van der Waals surface area contributed by atoms with Crippen molar-refractivity contribution in [2.45, 2.75) is 13.3 Å². The van der Waals surface area contributed by atoms with Crippen molar-refractivity contribution in [1.82, 2.24) is 14.8 Å². The lowest BCUT2D eigenvalue weighted by molar-refractivity contribution is 0.831. The third-order valence-electron chi connectivity index (χ3n) is 3.45. The number of pyridine rings is 1. The van der Waals surface area contributed by atoms with E-state index in [4.69, 9.17) is 5.73 Å². The fourth-order valence-corrected chi connectivity index (χ4v) is 2.39. The molecule has 0 fully saturated rings. The van der Waals surface area contributed by atoms with E-state index in [1.807, 2.05) is 48.4 Å². The first-order valence-corrected chi connectivity index (χ1v) is 7.04. The van der Waals surface area contributed by atoms with Crippen molar-refractivity contribution in [1.29, 1.82) is 0 Å². The molecule has 2 N–H and O–H groups in total. The topological polar surface area (TPSA) is 56.7 Å². The Kier molecular flexibility index (Phi) is 3.79. The molecule has 4 heteroatoms. The number of aryl methyl sites for hydroxylation is 1. The third-order valence-corrected chi connectivity index (χ3v) is 3.45. The first kappa shape index (κ1) is 13.5. The molecule has 0 radical (unpaired) electrons. The Morgan fingerprint density at radius 2 is 1.90 bits per heavy atom. The maximum Gasteiger partial charge on any atom is 0.156 e. The van der Waals surface area contributed by atoms with Gasteiger partial charge in [-0.3, -0.25) is 0 Å². The molecule has 3 rings (SSSR count). The molecule has 0 spiro atoms. The lowest BCUT2D eigenvalue weighted by Gasteiger charge is -2.06. The maximum absolute atomic E-state index is 5.58. The fourth-order valence-electron chi connectivity index (χ4n) is 2.39. The van der Waals surface area contributed by atoms with Crippen LogP contribution in [0.1, 0.15) is 11.1 Å². The standard InChI is InChI=1S/C17H18N4/c1-13-9-14(7-8-18)10-19-17(13)21-12-16(11-20-21)15-5-3-2-4-6-15/h2-6,9-12H,7-8,18H2,1H3. The van der Waals surface area contributed by atoms with Crippen LogP contribution in [0.4, 0.5) is 0 Å². The van der Waals surface area contributed by atoms with Gasteiger partial charge in [-0.1, -0.05) is 36.4 Å². The SMILES string of the molecule is Cc1cc(CCN)cnc1-n1cc(-c2ccccc2)cn1. The summed E-state index contributed by atoms with van der Waals surface area (Å²) < 4.78 is 1.82. The van der Waals surface area contributed by atoms with Gasteiger partial charge >= 0.3 is 0 Å². The highest BCUT2D eigenvalue weighted by atomic mass is 15.3. The number of benzene rings is 1. The first-order chi connectivity index (χ1) is 10.3. The minimum atomic E-state index is 0.639. The van der Waals surface area contributed by atoms with Crippen LogP contribution in [0, 0.1) is 6.92 Å². The molecule has 0 aliphatic carbocycles. The molecule has 0 atom stereocenters. The highest BCUT2D eigenvalue weighted by molar-refractivity contribution is 5.61. The smallest absolute Gasteiger partial charge is 0.156 e. The molecule has 2 aromatic heterocycles. The second-order valence-corrected chi connectivity index (χ2v) is 5.06. The van der Waals surface area contributed by atoms with Gasteiger partial charge in [0.25, 0.3) is 0 Å². The number of rotatable bonds is 4. The Balaban J connectivity index is 1.93. The molecule has 0 aliphatic rings. The zero-order chi connectivity index (χ0) is 14.7. The van der Waals surface area contributed by atoms with E-state index in [-0.39, 0.29) is 0 Å². The third kappa shape index (κ3) is 2.85. The fraction of sp³-hybridized carbons (Fsp3) is 0.176. The van der Waals surface area contributed by atoms with Crippen molar-refractivity contribution in [3.63, 3.8) is 0 Å². The summed E-state index contributed by atoms with van der Waals surface area (Å²) in [7, 11) is 0. The van der Waals surface area contributed by atoms with E-state index < -0.39 is 0 Å². The average molecular weight is 278 g/mol. The summed E-state index contributed by atoms with van der Waals surface area (Å²) in [4.78, 5) is 4.52. The van der Waals surface area contributed by atoms with E-state index in [9.17, 15) is 0 Å². The van der Waals surface area contributed by atoms with Gasteiger partial charge < -0.3 is 5.73 Å². The molecule has 1 aromatic carbocycles. The van der Waals surface area contributed by atoms with Gasteiger partial charge in [-0.25, -0.2) is 9.67 Å². The van der Waals surface area contributed by atoms with Gasteiger partial charge in [-0.05, 0) is 36.6 Å². The Hall–Kier alpha value is -2.46. The quantitative estimate of drug-likeness (QED) is 0.798. The number of nitrogens with two attached hydrogens (primary N) is 1. The molecule has 2 heterocycles. The predicted molar refractivity (Wildman–Crippen MR) is 84.3 cm³/mol. The molecule has 4 nitrogen and oxygen atoms in total.